The van der Waals surface area contributed by atoms with Crippen LogP contribution in [0.3, 0.4) is 0 Å². The molecule has 1 aromatic heterocycles. The van der Waals surface area contributed by atoms with Crippen molar-refractivity contribution >= 4 is 15.7 Å². The molecule has 4 rings (SSSR count). The van der Waals surface area contributed by atoms with Gasteiger partial charge in [-0.05, 0) is 29.9 Å². The van der Waals surface area contributed by atoms with Crippen molar-refractivity contribution in [2.75, 3.05) is 13.2 Å². The fourth-order valence-electron chi connectivity index (χ4n) is 4.55. The van der Waals surface area contributed by atoms with Gasteiger partial charge < -0.3 is 14.2 Å². The summed E-state index contributed by atoms with van der Waals surface area (Å²) in [5.74, 6) is 0.0764. The van der Waals surface area contributed by atoms with E-state index in [4.69, 9.17) is 4.74 Å². The molecule has 1 amide bonds. The second-order valence-corrected chi connectivity index (χ2v) is 11.7. The van der Waals surface area contributed by atoms with Gasteiger partial charge in [-0.2, -0.15) is 0 Å². The molecule has 0 N–H and O–H groups in total. The quantitative estimate of drug-likeness (QED) is 0.386. The highest BCUT2D eigenvalue weighted by molar-refractivity contribution is 7.90. The first-order valence-corrected chi connectivity index (χ1v) is 14.2. The Hall–Kier alpha value is -2.97. The van der Waals surface area contributed by atoms with Crippen LogP contribution in [0.1, 0.15) is 43.5 Å². The Labute approximate surface area is 214 Å². The molecule has 1 aliphatic heterocycles. The van der Waals surface area contributed by atoms with Gasteiger partial charge in [-0.15, -0.1) is 0 Å². The molecule has 7 nitrogen and oxygen atoms in total. The van der Waals surface area contributed by atoms with E-state index in [1.807, 2.05) is 62.4 Å². The van der Waals surface area contributed by atoms with Crippen LogP contribution in [0.25, 0.3) is 0 Å². The maximum Gasteiger partial charge on any atom is 0.228 e. The minimum atomic E-state index is -3.67. The van der Waals surface area contributed by atoms with Gasteiger partial charge in [0.15, 0.2) is 0 Å². The summed E-state index contributed by atoms with van der Waals surface area (Å²) in [7, 11) is -3.67. The molecule has 0 aliphatic carbocycles. The Balaban J connectivity index is 1.61. The van der Waals surface area contributed by atoms with Gasteiger partial charge in [0, 0.05) is 19.7 Å². The molecular weight excluding hydrogens is 474 g/mol. The number of nitrogens with zero attached hydrogens (tertiary/aromatic N) is 3. The number of hydrogen-bond acceptors (Lipinski definition) is 5. The molecule has 0 radical (unpaired) electrons. The van der Waals surface area contributed by atoms with E-state index < -0.39 is 9.84 Å². The highest BCUT2D eigenvalue weighted by atomic mass is 32.2. The number of benzene rings is 2. The number of aromatic nitrogens is 2. The summed E-state index contributed by atoms with van der Waals surface area (Å²) in [6.07, 6.45) is 3.78. The lowest BCUT2D eigenvalue weighted by atomic mass is 10.1. The zero-order chi connectivity index (χ0) is 25.5. The highest BCUT2D eigenvalue weighted by Gasteiger charge is 2.28. The molecule has 0 bridgehead atoms. The van der Waals surface area contributed by atoms with E-state index in [0.717, 1.165) is 29.7 Å². The van der Waals surface area contributed by atoms with E-state index in [9.17, 15) is 13.2 Å². The summed E-state index contributed by atoms with van der Waals surface area (Å²) < 4.78 is 34.4. The summed E-state index contributed by atoms with van der Waals surface area (Å²) in [5.41, 5.74) is 2.38. The summed E-state index contributed by atoms with van der Waals surface area (Å²) >= 11 is 0. The molecule has 2 aromatic carbocycles. The smallest absolute Gasteiger partial charge is 0.228 e. The van der Waals surface area contributed by atoms with Crippen LogP contribution in [0.4, 0.5) is 0 Å². The van der Waals surface area contributed by atoms with Gasteiger partial charge in [0.2, 0.25) is 20.9 Å². The van der Waals surface area contributed by atoms with Crippen molar-refractivity contribution < 1.29 is 17.9 Å². The highest BCUT2D eigenvalue weighted by Crippen LogP contribution is 2.22. The van der Waals surface area contributed by atoms with Crippen LogP contribution in [0.5, 0.6) is 0 Å². The summed E-state index contributed by atoms with van der Waals surface area (Å²) in [6.45, 7) is 6.05. The van der Waals surface area contributed by atoms with E-state index in [1.165, 1.54) is 0 Å². The number of sulfone groups is 1. The standard InChI is InChI=1S/C28H35N3O4S/c1-22(2)18-31-25(17-29-28(31)36(33,34)21-24-12-7-4-8-13-24)19-30(20-26-14-9-15-35-26)27(32)16-23-10-5-3-6-11-23/h3-8,10-13,17,22,26H,9,14-16,18-21H2,1-2H3/t26-/m0/s1. The number of carbonyl (C=O) groups excluding carboxylic acids is 1. The van der Waals surface area contributed by atoms with Crippen molar-refractivity contribution in [1.82, 2.24) is 14.5 Å². The predicted molar refractivity (Wildman–Crippen MR) is 139 cm³/mol. The summed E-state index contributed by atoms with van der Waals surface area (Å²) in [6, 6.07) is 18.8. The van der Waals surface area contributed by atoms with E-state index in [0.29, 0.717) is 19.7 Å². The molecule has 1 atom stereocenters. The van der Waals surface area contributed by atoms with Crippen molar-refractivity contribution in [2.24, 2.45) is 5.92 Å². The molecule has 0 saturated carbocycles. The van der Waals surface area contributed by atoms with Crippen LogP contribution >= 0.6 is 0 Å². The van der Waals surface area contributed by atoms with Gasteiger partial charge in [-0.1, -0.05) is 74.5 Å². The summed E-state index contributed by atoms with van der Waals surface area (Å²) in [4.78, 5) is 19.6. The molecular formula is C28H35N3O4S. The van der Waals surface area contributed by atoms with Crippen LogP contribution < -0.4 is 0 Å². The fraction of sp³-hybridized carbons (Fsp3) is 0.429. The van der Waals surface area contributed by atoms with E-state index in [1.54, 1.807) is 27.8 Å². The fourth-order valence-corrected chi connectivity index (χ4v) is 6.05. The average molecular weight is 510 g/mol. The molecule has 0 spiro atoms. The van der Waals surface area contributed by atoms with Gasteiger partial charge in [0.05, 0.1) is 36.7 Å². The zero-order valence-electron chi connectivity index (χ0n) is 21.0. The Morgan fingerprint density at radius 3 is 2.36 bits per heavy atom. The number of ether oxygens (including phenoxy) is 1. The topological polar surface area (TPSA) is 81.5 Å². The van der Waals surface area contributed by atoms with Crippen LogP contribution in [-0.2, 0) is 44.6 Å². The molecule has 1 fully saturated rings. The van der Waals surface area contributed by atoms with E-state index in [-0.39, 0.29) is 41.8 Å². The van der Waals surface area contributed by atoms with Crippen molar-refractivity contribution in [3.8, 4) is 0 Å². The third-order valence-corrected chi connectivity index (χ3v) is 7.87. The first-order chi connectivity index (χ1) is 17.3. The Morgan fingerprint density at radius 2 is 1.75 bits per heavy atom. The average Bonchev–Trinajstić information content (AvgIpc) is 3.50. The van der Waals surface area contributed by atoms with Crippen molar-refractivity contribution in [1.29, 1.82) is 0 Å². The Morgan fingerprint density at radius 1 is 1.08 bits per heavy atom. The van der Waals surface area contributed by atoms with Gasteiger partial charge in [-0.3, -0.25) is 4.79 Å². The van der Waals surface area contributed by atoms with Gasteiger partial charge in [-0.25, -0.2) is 13.4 Å². The molecule has 192 valence electrons. The van der Waals surface area contributed by atoms with Crippen molar-refractivity contribution in [3.63, 3.8) is 0 Å². The minimum absolute atomic E-state index is 0.00697. The Bertz CT molecular complexity index is 1230. The number of rotatable bonds is 11. The SMILES string of the molecule is CC(C)Cn1c(CN(C[C@@H]2CCCO2)C(=O)Cc2ccccc2)cnc1S(=O)(=O)Cc1ccccc1. The first kappa shape index (κ1) is 26.1. The largest absolute Gasteiger partial charge is 0.376 e. The van der Waals surface area contributed by atoms with Crippen molar-refractivity contribution in [2.45, 2.75) is 63.2 Å². The summed E-state index contributed by atoms with van der Waals surface area (Å²) in [5, 5.41) is 0.0580. The van der Waals surface area contributed by atoms with Crippen molar-refractivity contribution in [3.05, 3.63) is 83.7 Å². The maximum atomic E-state index is 13.4. The van der Waals surface area contributed by atoms with Crippen LogP contribution in [0.15, 0.2) is 72.0 Å². The lowest BCUT2D eigenvalue weighted by Gasteiger charge is -2.26. The number of hydrogen-bond donors (Lipinski definition) is 0. The molecule has 0 unspecified atom stereocenters. The minimum Gasteiger partial charge on any atom is -0.376 e. The first-order valence-electron chi connectivity index (χ1n) is 12.6. The lowest BCUT2D eigenvalue weighted by Crippen LogP contribution is -2.38. The number of amides is 1. The third kappa shape index (κ3) is 6.83. The van der Waals surface area contributed by atoms with Crippen LogP contribution in [-0.4, -0.2) is 48.0 Å². The maximum absolute atomic E-state index is 13.4. The molecule has 8 heteroatoms. The normalized spacial score (nSPS) is 15.9. The second kappa shape index (κ2) is 11.8. The zero-order valence-corrected chi connectivity index (χ0v) is 21.9. The molecule has 36 heavy (non-hydrogen) atoms. The van der Waals surface area contributed by atoms with Gasteiger partial charge >= 0.3 is 0 Å². The van der Waals surface area contributed by atoms with Crippen LogP contribution in [0.2, 0.25) is 0 Å². The van der Waals surface area contributed by atoms with E-state index in [2.05, 4.69) is 4.98 Å². The van der Waals surface area contributed by atoms with Crippen LogP contribution in [0, 0.1) is 5.92 Å². The monoisotopic (exact) mass is 509 g/mol. The molecule has 1 aliphatic rings. The molecule has 1 saturated heterocycles. The third-order valence-electron chi connectivity index (χ3n) is 6.28. The molecule has 2 heterocycles. The number of imidazole rings is 1. The van der Waals surface area contributed by atoms with Gasteiger partial charge in [0.25, 0.3) is 0 Å². The lowest BCUT2D eigenvalue weighted by molar-refractivity contribution is -0.132. The van der Waals surface area contributed by atoms with E-state index >= 15 is 0 Å². The molecule has 3 aromatic rings. The number of carbonyl (C=O) groups is 1. The van der Waals surface area contributed by atoms with Gasteiger partial charge in [0.1, 0.15) is 0 Å². The second-order valence-electron chi connectivity index (χ2n) is 9.85. The Kier molecular flexibility index (Phi) is 8.59. The predicted octanol–water partition coefficient (Wildman–Crippen LogP) is 4.26.